The zero-order chi connectivity index (χ0) is 10.1. The van der Waals surface area contributed by atoms with Crippen LogP contribution in [0.3, 0.4) is 0 Å². The molecule has 0 unspecified atom stereocenters. The summed E-state index contributed by atoms with van der Waals surface area (Å²) in [5, 5.41) is 18.2. The first-order chi connectivity index (χ1) is 6.72. The first-order valence-electron chi connectivity index (χ1n) is 3.97. The summed E-state index contributed by atoms with van der Waals surface area (Å²) in [5.41, 5.74) is 1.40. The molecule has 0 aliphatic carbocycles. The van der Waals surface area contributed by atoms with Crippen LogP contribution in [-0.2, 0) is 0 Å². The van der Waals surface area contributed by atoms with Crippen LogP contribution in [0.2, 0.25) is 0 Å². The number of carboxylic acid groups (broad SMARTS) is 1. The Hall–Kier alpha value is -2.28. The standard InChI is InChI=1S/C10H6N2O2/c11-4-7-5-12-9-3-6(10(13)14)1-2-8(7)9/h1-3,5,12H,(H,13,14). The molecule has 0 aliphatic heterocycles. The Labute approximate surface area is 79.4 Å². The number of nitrogens with zero attached hydrogens (tertiary/aromatic N) is 1. The van der Waals surface area contributed by atoms with Gasteiger partial charge in [0.1, 0.15) is 6.07 Å². The zero-order valence-corrected chi connectivity index (χ0v) is 7.11. The normalized spacial score (nSPS) is 9.93. The lowest BCUT2D eigenvalue weighted by Crippen LogP contribution is -1.94. The van der Waals surface area contributed by atoms with Gasteiger partial charge in [0.05, 0.1) is 11.1 Å². The molecule has 2 aromatic rings. The van der Waals surface area contributed by atoms with Gasteiger partial charge in [-0.2, -0.15) is 5.26 Å². The largest absolute Gasteiger partial charge is 0.478 e. The molecule has 0 radical (unpaired) electrons. The molecule has 1 heterocycles. The van der Waals surface area contributed by atoms with Crippen molar-refractivity contribution in [2.24, 2.45) is 0 Å². The van der Waals surface area contributed by atoms with Crippen LogP contribution >= 0.6 is 0 Å². The highest BCUT2D eigenvalue weighted by Gasteiger charge is 2.06. The summed E-state index contributed by atoms with van der Waals surface area (Å²) < 4.78 is 0. The van der Waals surface area contributed by atoms with E-state index in [4.69, 9.17) is 10.4 Å². The van der Waals surface area contributed by atoms with E-state index in [9.17, 15) is 4.79 Å². The molecule has 2 N–H and O–H groups in total. The molecule has 0 amide bonds. The number of H-pyrrole nitrogens is 1. The van der Waals surface area contributed by atoms with Crippen LogP contribution in [0.15, 0.2) is 24.4 Å². The molecule has 1 aromatic heterocycles. The van der Waals surface area contributed by atoms with Crippen molar-refractivity contribution in [3.8, 4) is 6.07 Å². The van der Waals surface area contributed by atoms with Crippen LogP contribution in [0.25, 0.3) is 10.9 Å². The number of hydrogen-bond acceptors (Lipinski definition) is 2. The minimum absolute atomic E-state index is 0.212. The van der Waals surface area contributed by atoms with E-state index in [0.29, 0.717) is 11.1 Å². The Morgan fingerprint density at radius 2 is 2.29 bits per heavy atom. The van der Waals surface area contributed by atoms with E-state index >= 15 is 0 Å². The molecule has 2 rings (SSSR count). The second kappa shape index (κ2) is 2.89. The molecule has 1 aromatic carbocycles. The third-order valence-corrected chi connectivity index (χ3v) is 2.05. The molecular weight excluding hydrogens is 180 g/mol. The van der Waals surface area contributed by atoms with Gasteiger partial charge in [0.2, 0.25) is 0 Å². The molecule has 68 valence electrons. The van der Waals surface area contributed by atoms with E-state index in [-0.39, 0.29) is 5.56 Å². The molecule has 4 nitrogen and oxygen atoms in total. The highest BCUT2D eigenvalue weighted by Crippen LogP contribution is 2.18. The van der Waals surface area contributed by atoms with Gasteiger partial charge in [0.15, 0.2) is 0 Å². The highest BCUT2D eigenvalue weighted by atomic mass is 16.4. The van der Waals surface area contributed by atoms with Crippen LogP contribution in [-0.4, -0.2) is 16.1 Å². The minimum Gasteiger partial charge on any atom is -0.478 e. The SMILES string of the molecule is N#Cc1c[nH]c2cc(C(=O)O)ccc12. The maximum Gasteiger partial charge on any atom is 0.335 e. The molecule has 0 saturated heterocycles. The van der Waals surface area contributed by atoms with E-state index in [1.54, 1.807) is 12.3 Å². The quantitative estimate of drug-likeness (QED) is 0.712. The maximum atomic E-state index is 10.6. The lowest BCUT2D eigenvalue weighted by Gasteiger charge is -1.94. The van der Waals surface area contributed by atoms with Crippen molar-refractivity contribution in [3.05, 3.63) is 35.5 Å². The number of fused-ring (bicyclic) bond motifs is 1. The van der Waals surface area contributed by atoms with Gasteiger partial charge in [-0.15, -0.1) is 0 Å². The zero-order valence-electron chi connectivity index (χ0n) is 7.11. The summed E-state index contributed by atoms with van der Waals surface area (Å²) in [6.45, 7) is 0. The molecule has 0 fully saturated rings. The Balaban J connectivity index is 2.70. The fourth-order valence-electron chi connectivity index (χ4n) is 1.35. The first-order valence-corrected chi connectivity index (χ1v) is 3.97. The summed E-state index contributed by atoms with van der Waals surface area (Å²) in [6, 6.07) is 6.65. The summed E-state index contributed by atoms with van der Waals surface area (Å²) in [4.78, 5) is 13.5. The van der Waals surface area contributed by atoms with Gasteiger partial charge in [0, 0.05) is 17.1 Å². The van der Waals surface area contributed by atoms with Gasteiger partial charge in [-0.05, 0) is 12.1 Å². The van der Waals surface area contributed by atoms with Gasteiger partial charge >= 0.3 is 5.97 Å². The maximum absolute atomic E-state index is 10.6. The van der Waals surface area contributed by atoms with E-state index in [1.807, 2.05) is 6.07 Å². The number of nitriles is 1. The summed E-state index contributed by atoms with van der Waals surface area (Å²) in [6.07, 6.45) is 1.57. The van der Waals surface area contributed by atoms with Gasteiger partial charge in [-0.3, -0.25) is 0 Å². The van der Waals surface area contributed by atoms with Crippen molar-refractivity contribution in [1.82, 2.24) is 4.98 Å². The number of rotatable bonds is 1. The molecular formula is C10H6N2O2. The lowest BCUT2D eigenvalue weighted by atomic mass is 10.1. The third-order valence-electron chi connectivity index (χ3n) is 2.05. The van der Waals surface area contributed by atoms with Crippen molar-refractivity contribution < 1.29 is 9.90 Å². The monoisotopic (exact) mass is 186 g/mol. The lowest BCUT2D eigenvalue weighted by molar-refractivity contribution is 0.0697. The topological polar surface area (TPSA) is 76.9 Å². The predicted molar refractivity (Wildman–Crippen MR) is 50.0 cm³/mol. The van der Waals surface area contributed by atoms with Crippen LogP contribution in [0.4, 0.5) is 0 Å². The fraction of sp³-hybridized carbons (Fsp3) is 0. The van der Waals surface area contributed by atoms with Gasteiger partial charge in [-0.25, -0.2) is 4.79 Å². The number of aromatic amines is 1. The van der Waals surface area contributed by atoms with Gasteiger partial charge in [0.25, 0.3) is 0 Å². The number of aromatic carboxylic acids is 1. The molecule has 0 spiro atoms. The third kappa shape index (κ3) is 1.12. The van der Waals surface area contributed by atoms with Crippen molar-refractivity contribution in [1.29, 1.82) is 5.26 Å². The van der Waals surface area contributed by atoms with E-state index in [2.05, 4.69) is 4.98 Å². The van der Waals surface area contributed by atoms with E-state index in [0.717, 1.165) is 5.39 Å². The molecule has 0 saturated carbocycles. The number of benzene rings is 1. The second-order valence-electron chi connectivity index (χ2n) is 2.88. The molecule has 0 bridgehead atoms. The Kier molecular flexibility index (Phi) is 1.72. The Bertz CT molecular complexity index is 549. The van der Waals surface area contributed by atoms with Gasteiger partial charge in [-0.1, -0.05) is 6.07 Å². The molecule has 0 atom stereocenters. The predicted octanol–water partition coefficient (Wildman–Crippen LogP) is 1.74. The van der Waals surface area contributed by atoms with E-state index < -0.39 is 5.97 Å². The van der Waals surface area contributed by atoms with Crippen molar-refractivity contribution in [2.75, 3.05) is 0 Å². The Morgan fingerprint density at radius 1 is 1.50 bits per heavy atom. The highest BCUT2D eigenvalue weighted by molar-refractivity contribution is 5.95. The summed E-state index contributed by atoms with van der Waals surface area (Å²) >= 11 is 0. The molecule has 14 heavy (non-hydrogen) atoms. The first kappa shape index (κ1) is 8.32. The smallest absolute Gasteiger partial charge is 0.335 e. The van der Waals surface area contributed by atoms with Crippen LogP contribution < -0.4 is 0 Å². The van der Waals surface area contributed by atoms with E-state index in [1.165, 1.54) is 12.1 Å². The van der Waals surface area contributed by atoms with Gasteiger partial charge < -0.3 is 10.1 Å². The number of carbonyl (C=O) groups is 1. The molecule has 4 heteroatoms. The van der Waals surface area contributed by atoms with Crippen LogP contribution in [0.5, 0.6) is 0 Å². The fourth-order valence-corrected chi connectivity index (χ4v) is 1.35. The number of nitrogens with one attached hydrogen (secondary N) is 1. The number of carboxylic acids is 1. The second-order valence-corrected chi connectivity index (χ2v) is 2.88. The van der Waals surface area contributed by atoms with Crippen LogP contribution in [0, 0.1) is 11.3 Å². The van der Waals surface area contributed by atoms with Crippen molar-refractivity contribution in [3.63, 3.8) is 0 Å². The van der Waals surface area contributed by atoms with Crippen molar-refractivity contribution in [2.45, 2.75) is 0 Å². The number of aromatic nitrogens is 1. The van der Waals surface area contributed by atoms with Crippen LogP contribution in [0.1, 0.15) is 15.9 Å². The minimum atomic E-state index is -0.972. The van der Waals surface area contributed by atoms with Crippen molar-refractivity contribution >= 4 is 16.9 Å². The molecule has 0 aliphatic rings. The average Bonchev–Trinajstić information content (AvgIpc) is 2.59. The summed E-state index contributed by atoms with van der Waals surface area (Å²) in [5.74, 6) is -0.972. The Morgan fingerprint density at radius 3 is 2.93 bits per heavy atom. The average molecular weight is 186 g/mol. The summed E-state index contributed by atoms with van der Waals surface area (Å²) in [7, 11) is 0. The number of hydrogen-bond donors (Lipinski definition) is 2.